The van der Waals surface area contributed by atoms with Crippen LogP contribution in [0.25, 0.3) is 0 Å². The summed E-state index contributed by atoms with van der Waals surface area (Å²) in [7, 11) is 1.54. The van der Waals surface area contributed by atoms with E-state index in [-0.39, 0.29) is 10.8 Å². The van der Waals surface area contributed by atoms with Gasteiger partial charge in [-0.1, -0.05) is 23.4 Å². The molecule has 1 atom stereocenters. The summed E-state index contributed by atoms with van der Waals surface area (Å²) < 4.78 is 0. The summed E-state index contributed by atoms with van der Waals surface area (Å²) in [4.78, 5) is 11.7. The van der Waals surface area contributed by atoms with Crippen molar-refractivity contribution in [2.45, 2.75) is 4.83 Å². The SMILES string of the molecule is CNC(=N[N+](=O)[O-])NCN1C=CSC1Cl. The van der Waals surface area contributed by atoms with E-state index >= 15 is 0 Å². The minimum atomic E-state index is -0.772. The first-order chi connectivity index (χ1) is 7.13. The van der Waals surface area contributed by atoms with Crippen molar-refractivity contribution in [2.24, 2.45) is 5.10 Å². The van der Waals surface area contributed by atoms with Crippen molar-refractivity contribution in [3.8, 4) is 0 Å². The predicted molar refractivity (Wildman–Crippen MR) is 59.7 cm³/mol. The van der Waals surface area contributed by atoms with Crippen molar-refractivity contribution in [3.63, 3.8) is 0 Å². The van der Waals surface area contributed by atoms with Crippen molar-refractivity contribution in [3.05, 3.63) is 21.7 Å². The molecule has 7 nitrogen and oxygen atoms in total. The minimum absolute atomic E-state index is 0.0918. The fourth-order valence-electron chi connectivity index (χ4n) is 0.870. The van der Waals surface area contributed by atoms with Crippen molar-refractivity contribution < 1.29 is 5.03 Å². The quantitative estimate of drug-likeness (QED) is 0.188. The van der Waals surface area contributed by atoms with Gasteiger partial charge in [-0.05, 0) is 5.41 Å². The van der Waals surface area contributed by atoms with Gasteiger partial charge < -0.3 is 15.5 Å². The number of hydrazone groups is 1. The summed E-state index contributed by atoms with van der Waals surface area (Å²) in [5, 5.41) is 19.6. The first kappa shape index (κ1) is 11.9. The molecule has 0 fully saturated rings. The van der Waals surface area contributed by atoms with Crippen LogP contribution in [0.2, 0.25) is 0 Å². The van der Waals surface area contributed by atoms with Gasteiger partial charge in [-0.15, -0.1) is 0 Å². The second-order valence-electron chi connectivity index (χ2n) is 2.50. The van der Waals surface area contributed by atoms with Crippen LogP contribution in [0.3, 0.4) is 0 Å². The monoisotopic (exact) mass is 251 g/mol. The Kier molecular flexibility index (Phi) is 4.50. The van der Waals surface area contributed by atoms with Crippen LogP contribution in [0.4, 0.5) is 0 Å². The fraction of sp³-hybridized carbons (Fsp3) is 0.500. The second-order valence-corrected chi connectivity index (χ2v) is 4.16. The van der Waals surface area contributed by atoms with E-state index < -0.39 is 5.03 Å². The highest BCUT2D eigenvalue weighted by atomic mass is 35.5. The third-order valence-corrected chi connectivity index (χ3v) is 2.88. The zero-order valence-corrected chi connectivity index (χ0v) is 9.46. The molecule has 0 saturated carbocycles. The molecule has 1 aliphatic heterocycles. The zero-order valence-electron chi connectivity index (χ0n) is 7.88. The maximum absolute atomic E-state index is 10.1. The topological polar surface area (TPSA) is 82.8 Å². The number of rotatable bonds is 3. The molecule has 1 rings (SSSR count). The van der Waals surface area contributed by atoms with Crippen LogP contribution in [-0.2, 0) is 0 Å². The van der Waals surface area contributed by atoms with Crippen LogP contribution in [0.15, 0.2) is 16.7 Å². The van der Waals surface area contributed by atoms with Gasteiger partial charge in [0.1, 0.15) is 5.10 Å². The van der Waals surface area contributed by atoms with E-state index in [2.05, 4.69) is 15.7 Å². The smallest absolute Gasteiger partial charge is 0.269 e. The van der Waals surface area contributed by atoms with Crippen LogP contribution in [-0.4, -0.2) is 34.4 Å². The minimum Gasteiger partial charge on any atom is -0.354 e. The molecule has 0 aromatic rings. The molecule has 0 bridgehead atoms. The van der Waals surface area contributed by atoms with Crippen LogP contribution in [0.1, 0.15) is 0 Å². The molecule has 1 aliphatic rings. The molecule has 1 unspecified atom stereocenters. The molecular formula is C6H10ClN5O2S. The Morgan fingerprint density at radius 2 is 2.60 bits per heavy atom. The molecule has 0 amide bonds. The van der Waals surface area contributed by atoms with Crippen LogP contribution < -0.4 is 10.6 Å². The average molecular weight is 252 g/mol. The number of halogens is 1. The van der Waals surface area contributed by atoms with E-state index in [1.165, 1.54) is 11.8 Å². The number of nitrogens with zero attached hydrogens (tertiary/aromatic N) is 3. The van der Waals surface area contributed by atoms with Gasteiger partial charge in [0.05, 0.1) is 6.67 Å². The van der Waals surface area contributed by atoms with Crippen LogP contribution >= 0.6 is 23.4 Å². The van der Waals surface area contributed by atoms with Gasteiger partial charge in [0, 0.05) is 13.2 Å². The van der Waals surface area contributed by atoms with E-state index in [4.69, 9.17) is 11.6 Å². The number of nitro groups is 1. The molecule has 0 saturated heterocycles. The van der Waals surface area contributed by atoms with Gasteiger partial charge in [0.15, 0.2) is 9.87 Å². The first-order valence-corrected chi connectivity index (χ1v) is 5.38. The highest BCUT2D eigenvalue weighted by Gasteiger charge is 2.16. The Morgan fingerprint density at radius 3 is 3.07 bits per heavy atom. The molecule has 15 heavy (non-hydrogen) atoms. The van der Waals surface area contributed by atoms with E-state index in [9.17, 15) is 10.1 Å². The van der Waals surface area contributed by atoms with Gasteiger partial charge in [0.25, 0.3) is 5.96 Å². The summed E-state index contributed by atoms with van der Waals surface area (Å²) in [6.07, 6.45) is 1.80. The lowest BCUT2D eigenvalue weighted by molar-refractivity contribution is -0.485. The van der Waals surface area contributed by atoms with E-state index in [0.29, 0.717) is 6.67 Å². The lowest BCUT2D eigenvalue weighted by Crippen LogP contribution is -2.42. The largest absolute Gasteiger partial charge is 0.354 e. The summed E-state index contributed by atoms with van der Waals surface area (Å²) >= 11 is 7.36. The van der Waals surface area contributed by atoms with Gasteiger partial charge in [0.2, 0.25) is 0 Å². The number of thioether (sulfide) groups is 1. The molecule has 0 radical (unpaired) electrons. The predicted octanol–water partition coefficient (Wildman–Crippen LogP) is 0.343. The number of hydrogen-bond donors (Lipinski definition) is 2. The highest BCUT2D eigenvalue weighted by molar-refractivity contribution is 8.04. The Morgan fingerprint density at radius 1 is 1.87 bits per heavy atom. The van der Waals surface area contributed by atoms with E-state index in [0.717, 1.165) is 0 Å². The number of guanidine groups is 1. The number of hydrogen-bond acceptors (Lipinski definition) is 4. The molecular weight excluding hydrogens is 242 g/mol. The van der Waals surface area contributed by atoms with Crippen molar-refractivity contribution >= 4 is 29.3 Å². The molecule has 0 spiro atoms. The lowest BCUT2D eigenvalue weighted by atomic mass is 10.7. The molecule has 0 aliphatic carbocycles. The maximum Gasteiger partial charge on any atom is 0.269 e. The average Bonchev–Trinajstić information content (AvgIpc) is 2.58. The van der Waals surface area contributed by atoms with Gasteiger partial charge in [-0.3, -0.25) is 0 Å². The van der Waals surface area contributed by atoms with Crippen LogP contribution in [0, 0.1) is 10.1 Å². The lowest BCUT2D eigenvalue weighted by Gasteiger charge is -2.20. The van der Waals surface area contributed by atoms with Crippen molar-refractivity contribution in [2.75, 3.05) is 13.7 Å². The van der Waals surface area contributed by atoms with E-state index in [1.54, 1.807) is 18.1 Å². The van der Waals surface area contributed by atoms with Gasteiger partial charge in [-0.25, -0.2) is 10.1 Å². The maximum atomic E-state index is 10.1. The summed E-state index contributed by atoms with van der Waals surface area (Å²) in [5.41, 5.74) is 0. The summed E-state index contributed by atoms with van der Waals surface area (Å²) in [6.45, 7) is 0.352. The number of alkyl halides is 1. The van der Waals surface area contributed by atoms with Crippen molar-refractivity contribution in [1.29, 1.82) is 0 Å². The first-order valence-electron chi connectivity index (χ1n) is 4.00. The molecule has 0 aromatic heterocycles. The zero-order chi connectivity index (χ0) is 11.3. The molecule has 84 valence electrons. The Bertz CT molecular complexity index is 297. The number of nitrogens with one attached hydrogen (secondary N) is 2. The third kappa shape index (κ3) is 3.84. The van der Waals surface area contributed by atoms with Gasteiger partial charge >= 0.3 is 0 Å². The normalized spacial score (nSPS) is 20.5. The fourth-order valence-corrected chi connectivity index (χ4v) is 1.84. The summed E-state index contributed by atoms with van der Waals surface area (Å²) in [5.74, 6) is 0.0918. The van der Waals surface area contributed by atoms with Crippen LogP contribution in [0.5, 0.6) is 0 Å². The second kappa shape index (κ2) is 5.66. The Hall–Kier alpha value is -1.15. The van der Waals surface area contributed by atoms with E-state index in [1.807, 2.05) is 5.41 Å². The summed E-state index contributed by atoms with van der Waals surface area (Å²) in [6, 6.07) is 0. The molecule has 0 aromatic carbocycles. The third-order valence-electron chi connectivity index (χ3n) is 1.55. The Balaban J connectivity index is 2.40. The van der Waals surface area contributed by atoms with Gasteiger partial charge in [-0.2, -0.15) is 0 Å². The standard InChI is InChI=1S/C6H10ClN5O2S/c1-8-6(10-12(13)14)9-4-11-2-3-15-5(11)7/h2-3,5H,4H2,1H3,(H2,8,9,10). The van der Waals surface area contributed by atoms with Crippen molar-refractivity contribution in [1.82, 2.24) is 15.5 Å². The molecule has 9 heteroatoms. The highest BCUT2D eigenvalue weighted by Crippen LogP contribution is 2.26. The molecule has 2 N–H and O–H groups in total. The molecule has 1 heterocycles. The Labute approximate surface area is 95.7 Å².